The van der Waals surface area contributed by atoms with Crippen LogP contribution < -0.4 is 5.32 Å². The van der Waals surface area contributed by atoms with E-state index in [9.17, 15) is 14.7 Å². The molecule has 2 rings (SSSR count). The number of nitrogens with one attached hydrogen (secondary N) is 1. The van der Waals surface area contributed by atoms with Gasteiger partial charge in [-0.25, -0.2) is 9.59 Å². The summed E-state index contributed by atoms with van der Waals surface area (Å²) in [7, 11) is 0. The van der Waals surface area contributed by atoms with Gasteiger partial charge >= 0.3 is 12.1 Å². The number of anilines is 1. The number of phenols is 1. The number of ether oxygens (including phenoxy) is 1. The van der Waals surface area contributed by atoms with Crippen LogP contribution in [0.3, 0.4) is 0 Å². The molecular weight excluding hydrogens is 274 g/mol. The largest absolute Gasteiger partial charge is 0.506 e. The van der Waals surface area contributed by atoms with Gasteiger partial charge in [-0.15, -0.1) is 0 Å². The molecule has 0 spiro atoms. The molecule has 0 fully saturated rings. The summed E-state index contributed by atoms with van der Waals surface area (Å²) in [6.07, 6.45) is -0.739. The van der Waals surface area contributed by atoms with Crippen LogP contribution in [-0.2, 0) is 11.3 Å². The molecular formula is C15H13NO5. The van der Waals surface area contributed by atoms with Crippen molar-refractivity contribution >= 4 is 17.7 Å². The van der Waals surface area contributed by atoms with E-state index in [2.05, 4.69) is 5.32 Å². The summed E-state index contributed by atoms with van der Waals surface area (Å²) < 4.78 is 4.99. The molecule has 108 valence electrons. The number of hydrogen-bond acceptors (Lipinski definition) is 4. The molecule has 0 heterocycles. The van der Waals surface area contributed by atoms with Crippen molar-refractivity contribution in [1.29, 1.82) is 0 Å². The molecule has 21 heavy (non-hydrogen) atoms. The van der Waals surface area contributed by atoms with Gasteiger partial charge in [0, 0.05) is 0 Å². The van der Waals surface area contributed by atoms with Gasteiger partial charge < -0.3 is 14.9 Å². The number of phenolic OH excluding ortho intramolecular Hbond substituents is 1. The van der Waals surface area contributed by atoms with Crippen LogP contribution in [0.4, 0.5) is 10.5 Å². The van der Waals surface area contributed by atoms with E-state index in [4.69, 9.17) is 9.84 Å². The van der Waals surface area contributed by atoms with Crippen LogP contribution in [0.2, 0.25) is 0 Å². The van der Waals surface area contributed by atoms with Gasteiger partial charge in [-0.05, 0) is 23.8 Å². The molecule has 0 aliphatic heterocycles. The molecule has 0 saturated heterocycles. The Labute approximate surface area is 120 Å². The van der Waals surface area contributed by atoms with Crippen molar-refractivity contribution in [1.82, 2.24) is 0 Å². The summed E-state index contributed by atoms with van der Waals surface area (Å²) in [5.41, 5.74) is 0.840. The smallest absolute Gasteiger partial charge is 0.412 e. The Balaban J connectivity index is 1.95. The fourth-order valence-electron chi connectivity index (χ4n) is 1.64. The zero-order valence-corrected chi connectivity index (χ0v) is 10.9. The second kappa shape index (κ2) is 6.42. The third-order valence-electron chi connectivity index (χ3n) is 2.69. The number of carboxylic acid groups (broad SMARTS) is 1. The Hall–Kier alpha value is -3.02. The van der Waals surface area contributed by atoms with E-state index in [1.54, 1.807) is 0 Å². The normalized spacial score (nSPS) is 9.90. The maximum Gasteiger partial charge on any atom is 0.412 e. The van der Waals surface area contributed by atoms with Gasteiger partial charge in [0.1, 0.15) is 12.4 Å². The van der Waals surface area contributed by atoms with Crippen molar-refractivity contribution in [2.24, 2.45) is 0 Å². The Bertz CT molecular complexity index is 654. The van der Waals surface area contributed by atoms with Crippen molar-refractivity contribution in [2.75, 3.05) is 5.32 Å². The molecule has 0 aliphatic rings. The number of carbonyl (C=O) groups is 2. The van der Waals surface area contributed by atoms with Crippen molar-refractivity contribution < 1.29 is 24.5 Å². The zero-order chi connectivity index (χ0) is 15.2. The average Bonchev–Trinajstić information content (AvgIpc) is 2.48. The quantitative estimate of drug-likeness (QED) is 0.751. The van der Waals surface area contributed by atoms with Crippen LogP contribution in [0, 0.1) is 0 Å². The summed E-state index contributed by atoms with van der Waals surface area (Å²) >= 11 is 0. The Morgan fingerprint density at radius 2 is 1.81 bits per heavy atom. The van der Waals surface area contributed by atoms with Gasteiger partial charge in [0.25, 0.3) is 0 Å². The standard InChI is InChI=1S/C15H13NO5/c17-13-8-11(14(18)19)6-7-12(13)16-15(20)21-9-10-4-2-1-3-5-10/h1-8,17H,9H2,(H,16,20)(H,18,19). The van der Waals surface area contributed by atoms with Crippen LogP contribution in [0.5, 0.6) is 5.75 Å². The SMILES string of the molecule is O=C(Nc1ccc(C(=O)O)cc1O)OCc1ccccc1. The highest BCUT2D eigenvalue weighted by molar-refractivity contribution is 5.91. The minimum atomic E-state index is -1.16. The van der Waals surface area contributed by atoms with Crippen LogP contribution >= 0.6 is 0 Å². The molecule has 0 aromatic heterocycles. The number of carbonyl (C=O) groups excluding carboxylic acids is 1. The molecule has 6 nitrogen and oxygen atoms in total. The first-order valence-corrected chi connectivity index (χ1v) is 6.10. The number of hydrogen-bond donors (Lipinski definition) is 3. The second-order valence-electron chi connectivity index (χ2n) is 4.22. The number of carboxylic acids is 1. The zero-order valence-electron chi connectivity index (χ0n) is 10.9. The van der Waals surface area contributed by atoms with Crippen LogP contribution in [-0.4, -0.2) is 22.3 Å². The fraction of sp³-hybridized carbons (Fsp3) is 0.0667. The number of amides is 1. The molecule has 0 aliphatic carbocycles. The van der Waals surface area contributed by atoms with E-state index >= 15 is 0 Å². The Morgan fingerprint density at radius 3 is 2.43 bits per heavy atom. The first-order valence-electron chi connectivity index (χ1n) is 6.10. The summed E-state index contributed by atoms with van der Waals surface area (Å²) in [4.78, 5) is 22.3. The van der Waals surface area contributed by atoms with Gasteiger partial charge in [0.05, 0.1) is 11.3 Å². The summed E-state index contributed by atoms with van der Waals surface area (Å²) in [5, 5.41) is 20.8. The maximum atomic E-state index is 11.6. The van der Waals surface area contributed by atoms with E-state index in [0.717, 1.165) is 11.6 Å². The summed E-state index contributed by atoms with van der Waals surface area (Å²) in [6, 6.07) is 12.7. The average molecular weight is 287 g/mol. The van der Waals surface area contributed by atoms with Gasteiger partial charge in [-0.2, -0.15) is 0 Å². The lowest BCUT2D eigenvalue weighted by Gasteiger charge is -2.09. The third-order valence-corrected chi connectivity index (χ3v) is 2.69. The van der Waals surface area contributed by atoms with Crippen molar-refractivity contribution in [3.05, 3.63) is 59.7 Å². The molecule has 0 bridgehead atoms. The van der Waals surface area contributed by atoms with E-state index in [1.165, 1.54) is 12.1 Å². The molecule has 2 aromatic rings. The summed E-state index contributed by atoms with van der Waals surface area (Å²) in [6.45, 7) is 0.0979. The predicted molar refractivity (Wildman–Crippen MR) is 75.3 cm³/mol. The third kappa shape index (κ3) is 3.97. The molecule has 0 saturated carbocycles. The van der Waals surface area contributed by atoms with E-state index in [1.807, 2.05) is 30.3 Å². The Morgan fingerprint density at radius 1 is 1.10 bits per heavy atom. The lowest BCUT2D eigenvalue weighted by molar-refractivity contribution is 0.0696. The lowest BCUT2D eigenvalue weighted by Crippen LogP contribution is -2.13. The molecule has 0 unspecified atom stereocenters. The molecule has 6 heteroatoms. The Kier molecular flexibility index (Phi) is 4.40. The van der Waals surface area contributed by atoms with Gasteiger partial charge in [0.15, 0.2) is 0 Å². The monoisotopic (exact) mass is 287 g/mol. The number of aromatic carboxylic acids is 1. The number of benzene rings is 2. The van der Waals surface area contributed by atoms with E-state index < -0.39 is 12.1 Å². The summed E-state index contributed by atoms with van der Waals surface area (Å²) in [5.74, 6) is -1.50. The number of aromatic hydroxyl groups is 1. The second-order valence-corrected chi connectivity index (χ2v) is 4.22. The van der Waals surface area contributed by atoms with E-state index in [-0.39, 0.29) is 23.6 Å². The van der Waals surface area contributed by atoms with Crippen molar-refractivity contribution in [3.63, 3.8) is 0 Å². The highest BCUT2D eigenvalue weighted by Crippen LogP contribution is 2.24. The fourth-order valence-corrected chi connectivity index (χ4v) is 1.64. The van der Waals surface area contributed by atoms with Crippen molar-refractivity contribution in [3.8, 4) is 5.75 Å². The molecule has 3 N–H and O–H groups in total. The number of rotatable bonds is 4. The first-order chi connectivity index (χ1) is 10.1. The molecule has 1 amide bonds. The van der Waals surface area contributed by atoms with Gasteiger partial charge in [0.2, 0.25) is 0 Å². The minimum absolute atomic E-state index is 0.0734. The predicted octanol–water partition coefficient (Wildman–Crippen LogP) is 2.84. The highest BCUT2D eigenvalue weighted by Gasteiger charge is 2.10. The van der Waals surface area contributed by atoms with Gasteiger partial charge in [-0.3, -0.25) is 5.32 Å². The van der Waals surface area contributed by atoms with Crippen LogP contribution in [0.1, 0.15) is 15.9 Å². The maximum absolute atomic E-state index is 11.6. The molecule has 0 radical (unpaired) electrons. The van der Waals surface area contributed by atoms with E-state index in [0.29, 0.717) is 0 Å². The van der Waals surface area contributed by atoms with Crippen molar-refractivity contribution in [2.45, 2.75) is 6.61 Å². The van der Waals surface area contributed by atoms with Crippen LogP contribution in [0.15, 0.2) is 48.5 Å². The topological polar surface area (TPSA) is 95.9 Å². The first kappa shape index (κ1) is 14.4. The minimum Gasteiger partial charge on any atom is -0.506 e. The van der Waals surface area contributed by atoms with Crippen LogP contribution in [0.25, 0.3) is 0 Å². The van der Waals surface area contributed by atoms with Gasteiger partial charge in [-0.1, -0.05) is 30.3 Å². The lowest BCUT2D eigenvalue weighted by atomic mass is 10.2. The molecule has 2 aromatic carbocycles. The highest BCUT2D eigenvalue weighted by atomic mass is 16.5. The molecule has 0 atom stereocenters.